The molecule has 3 aromatic rings. The van der Waals surface area contributed by atoms with E-state index in [0.717, 1.165) is 34.6 Å². The molecule has 2 aliphatic heterocycles. The summed E-state index contributed by atoms with van der Waals surface area (Å²) in [5, 5.41) is 15.6. The number of amides is 3. The number of rotatable bonds is 7. The van der Waals surface area contributed by atoms with Crippen molar-refractivity contribution in [1.29, 1.82) is 0 Å². The van der Waals surface area contributed by atoms with Crippen molar-refractivity contribution in [3.05, 3.63) is 52.3 Å². The van der Waals surface area contributed by atoms with Crippen molar-refractivity contribution in [3.8, 4) is 11.3 Å². The molecule has 1 saturated carbocycles. The Labute approximate surface area is 232 Å². The largest absolute Gasteiger partial charge is 0.326 e. The van der Waals surface area contributed by atoms with Gasteiger partial charge in [-0.05, 0) is 68.3 Å². The number of imide groups is 1. The van der Waals surface area contributed by atoms with Crippen LogP contribution in [0.4, 0.5) is 5.69 Å². The third kappa shape index (κ3) is 5.96. The fourth-order valence-corrected chi connectivity index (χ4v) is 7.20. The molecule has 1 aliphatic carbocycles. The normalized spacial score (nSPS) is 23.7. The van der Waals surface area contributed by atoms with Gasteiger partial charge < -0.3 is 5.32 Å². The Balaban J connectivity index is 1.02. The van der Waals surface area contributed by atoms with Gasteiger partial charge in [-0.1, -0.05) is 30.2 Å². The zero-order valence-corrected chi connectivity index (χ0v) is 22.8. The van der Waals surface area contributed by atoms with E-state index in [1.165, 1.54) is 66.7 Å². The highest BCUT2D eigenvalue weighted by Gasteiger charge is 2.33. The van der Waals surface area contributed by atoms with Gasteiger partial charge in [0.1, 0.15) is 11.7 Å². The van der Waals surface area contributed by atoms with Gasteiger partial charge in [-0.2, -0.15) is 0 Å². The number of thiophene rings is 1. The molecule has 10 heteroatoms. The lowest BCUT2D eigenvalue weighted by Crippen LogP contribution is -2.46. The maximum absolute atomic E-state index is 12.7. The number of piperidine rings is 2. The van der Waals surface area contributed by atoms with Gasteiger partial charge in [0.25, 0.3) is 5.91 Å². The van der Waals surface area contributed by atoms with Gasteiger partial charge in [0.2, 0.25) is 11.8 Å². The van der Waals surface area contributed by atoms with Gasteiger partial charge in [0.15, 0.2) is 0 Å². The van der Waals surface area contributed by atoms with Crippen molar-refractivity contribution in [2.24, 2.45) is 5.92 Å². The molecule has 3 atom stereocenters. The van der Waals surface area contributed by atoms with Gasteiger partial charge in [-0.15, -0.1) is 16.4 Å². The molecule has 204 valence electrons. The number of fused-ring (bicyclic) bond motifs is 1. The first-order valence-corrected chi connectivity index (χ1v) is 14.9. The Morgan fingerprint density at radius 2 is 1.90 bits per heavy atom. The van der Waals surface area contributed by atoms with Crippen LogP contribution in [-0.2, 0) is 27.3 Å². The number of aromatic nitrogens is 3. The fourth-order valence-electron chi connectivity index (χ4n) is 6.32. The molecule has 6 rings (SSSR count). The summed E-state index contributed by atoms with van der Waals surface area (Å²) in [6.45, 7) is 2.18. The third-order valence-electron chi connectivity index (χ3n) is 8.31. The van der Waals surface area contributed by atoms with Crippen LogP contribution in [-0.4, -0.2) is 50.2 Å². The molecule has 3 aliphatic rings. The Hall–Kier alpha value is -3.37. The lowest BCUT2D eigenvalue weighted by molar-refractivity contribution is -0.136. The van der Waals surface area contributed by atoms with Crippen LogP contribution in [0.5, 0.6) is 0 Å². The quantitative estimate of drug-likeness (QED) is 0.427. The second-order valence-electron chi connectivity index (χ2n) is 11.0. The average molecular weight is 547 g/mol. The molecule has 4 heterocycles. The smallest absolute Gasteiger partial charge is 0.251 e. The van der Waals surface area contributed by atoms with E-state index in [1.807, 2.05) is 23.6 Å². The molecular weight excluding hydrogens is 512 g/mol. The molecular formula is C29H34N6O3S. The van der Waals surface area contributed by atoms with Gasteiger partial charge in [0, 0.05) is 40.5 Å². The van der Waals surface area contributed by atoms with Crippen molar-refractivity contribution in [2.75, 3.05) is 11.9 Å². The van der Waals surface area contributed by atoms with Gasteiger partial charge >= 0.3 is 0 Å². The highest BCUT2D eigenvalue weighted by molar-refractivity contribution is 7.10. The highest BCUT2D eigenvalue weighted by atomic mass is 32.1. The zero-order valence-electron chi connectivity index (χ0n) is 22.0. The monoisotopic (exact) mass is 546 g/mol. The van der Waals surface area contributed by atoms with Crippen molar-refractivity contribution in [2.45, 2.75) is 76.4 Å². The second kappa shape index (κ2) is 11.4. The Kier molecular flexibility index (Phi) is 7.56. The molecule has 2 N–H and O–H groups in total. The number of carbonyl (C=O) groups excluding carboxylic acids is 3. The summed E-state index contributed by atoms with van der Waals surface area (Å²) in [5.41, 5.74) is 3.59. The lowest BCUT2D eigenvalue weighted by Gasteiger charge is -2.44. The van der Waals surface area contributed by atoms with Crippen molar-refractivity contribution in [3.63, 3.8) is 0 Å². The second-order valence-corrected chi connectivity index (χ2v) is 12.0. The summed E-state index contributed by atoms with van der Waals surface area (Å²) in [5.74, 6) is 0.191. The van der Waals surface area contributed by atoms with Crippen LogP contribution in [0.15, 0.2) is 41.9 Å². The van der Waals surface area contributed by atoms with E-state index in [4.69, 9.17) is 0 Å². The number of likely N-dealkylation sites (tertiary alicyclic amines) is 1. The summed E-state index contributed by atoms with van der Waals surface area (Å²) in [7, 11) is 0. The van der Waals surface area contributed by atoms with Crippen LogP contribution in [0.3, 0.4) is 0 Å². The SMILES string of the molecule is O=C1CCC(n2cc(-c3csc(CC(=O)Nc4ccc(CN5CCC[C@@H]6CCCC[C@@H]65)cc4)c3)nn2)C(=O)N1. The first-order chi connectivity index (χ1) is 19.0. The van der Waals surface area contributed by atoms with Gasteiger partial charge in [-0.25, -0.2) is 4.68 Å². The minimum Gasteiger partial charge on any atom is -0.326 e. The van der Waals surface area contributed by atoms with E-state index < -0.39 is 6.04 Å². The number of anilines is 1. The molecule has 39 heavy (non-hydrogen) atoms. The number of nitrogens with zero attached hydrogens (tertiary/aromatic N) is 4. The predicted molar refractivity (Wildman–Crippen MR) is 149 cm³/mol. The molecule has 0 radical (unpaired) electrons. The van der Waals surface area contributed by atoms with E-state index in [2.05, 4.69) is 38.0 Å². The van der Waals surface area contributed by atoms with Crippen LogP contribution in [0.25, 0.3) is 11.3 Å². The average Bonchev–Trinajstić information content (AvgIpc) is 3.60. The summed E-state index contributed by atoms with van der Waals surface area (Å²) < 4.78 is 1.50. The summed E-state index contributed by atoms with van der Waals surface area (Å²) >= 11 is 1.49. The molecule has 0 bridgehead atoms. The number of hydrogen-bond donors (Lipinski definition) is 2. The molecule has 9 nitrogen and oxygen atoms in total. The Morgan fingerprint density at radius 3 is 2.74 bits per heavy atom. The predicted octanol–water partition coefficient (Wildman–Crippen LogP) is 4.32. The third-order valence-corrected chi connectivity index (χ3v) is 9.24. The molecule has 2 aromatic heterocycles. The summed E-state index contributed by atoms with van der Waals surface area (Å²) in [4.78, 5) is 39.9. The summed E-state index contributed by atoms with van der Waals surface area (Å²) in [6.07, 6.45) is 10.8. The number of carbonyl (C=O) groups is 3. The molecule has 3 amide bonds. The maximum Gasteiger partial charge on any atom is 0.251 e. The van der Waals surface area contributed by atoms with Gasteiger partial charge in [-0.3, -0.25) is 24.6 Å². The van der Waals surface area contributed by atoms with Gasteiger partial charge in [0.05, 0.1) is 12.6 Å². The molecule has 0 spiro atoms. The molecule has 1 aromatic carbocycles. The molecule has 2 saturated heterocycles. The van der Waals surface area contributed by atoms with E-state index in [0.29, 0.717) is 12.1 Å². The standard InChI is InChI=1S/C29H34N6O3S/c36-27-12-11-26(29(38)31-27)35-17-24(32-33-35)21-14-23(39-18-21)15-28(37)30-22-9-7-19(8-10-22)16-34-13-3-5-20-4-1-2-6-25(20)34/h7-10,14,17-18,20,25-26H,1-6,11-13,15-16H2,(H,30,37)(H,31,36,38)/t20-,25-,26?/m0/s1. The van der Waals surface area contributed by atoms with E-state index >= 15 is 0 Å². The molecule has 1 unspecified atom stereocenters. The minimum atomic E-state index is -0.539. The van der Waals surface area contributed by atoms with Crippen molar-refractivity contribution >= 4 is 34.7 Å². The zero-order chi connectivity index (χ0) is 26.8. The Morgan fingerprint density at radius 1 is 1.08 bits per heavy atom. The maximum atomic E-state index is 12.7. The first kappa shape index (κ1) is 25.9. The van der Waals surface area contributed by atoms with Crippen molar-refractivity contribution < 1.29 is 14.4 Å². The molecule has 3 fully saturated rings. The lowest BCUT2D eigenvalue weighted by atomic mass is 9.78. The summed E-state index contributed by atoms with van der Waals surface area (Å²) in [6, 6.07) is 10.4. The Bertz CT molecular complexity index is 1350. The fraction of sp³-hybridized carbons (Fsp3) is 0.483. The first-order valence-electron chi connectivity index (χ1n) is 14.0. The minimum absolute atomic E-state index is 0.0653. The highest BCUT2D eigenvalue weighted by Crippen LogP contribution is 2.36. The van der Waals surface area contributed by atoms with Crippen LogP contribution in [0.1, 0.15) is 67.8 Å². The van der Waals surface area contributed by atoms with E-state index in [1.54, 1.807) is 6.20 Å². The topological polar surface area (TPSA) is 109 Å². The van der Waals surface area contributed by atoms with Crippen LogP contribution >= 0.6 is 11.3 Å². The number of hydrogen-bond acceptors (Lipinski definition) is 7. The van der Waals surface area contributed by atoms with E-state index in [-0.39, 0.29) is 30.6 Å². The number of nitrogens with one attached hydrogen (secondary N) is 2. The van der Waals surface area contributed by atoms with E-state index in [9.17, 15) is 14.4 Å². The van der Waals surface area contributed by atoms with Crippen LogP contribution < -0.4 is 10.6 Å². The van der Waals surface area contributed by atoms with Crippen molar-refractivity contribution in [1.82, 2.24) is 25.2 Å². The van der Waals surface area contributed by atoms with Crippen LogP contribution in [0, 0.1) is 5.92 Å². The number of benzene rings is 1. The van der Waals surface area contributed by atoms with Crippen LogP contribution in [0.2, 0.25) is 0 Å².